The van der Waals surface area contributed by atoms with E-state index >= 15 is 0 Å². The van der Waals surface area contributed by atoms with Gasteiger partial charge in [0.2, 0.25) is 5.91 Å². The molecule has 4 atom stereocenters. The van der Waals surface area contributed by atoms with Crippen LogP contribution in [-0.4, -0.2) is 58.3 Å². The first-order valence-corrected chi connectivity index (χ1v) is 12.4. The number of nitrogens with one attached hydrogen (secondary N) is 2. The quantitative estimate of drug-likeness (QED) is 0.600. The molecule has 6 nitrogen and oxygen atoms in total. The summed E-state index contributed by atoms with van der Waals surface area (Å²) in [6.07, 6.45) is 6.90. The number of aromatic nitrogens is 1. The Kier molecular flexibility index (Phi) is 6.53. The summed E-state index contributed by atoms with van der Waals surface area (Å²) in [5, 5.41) is 15.2. The number of amides is 1. The number of β-amino-alcohol motifs (C(OH)–C–C–N with tert-alkyl or cyclic N) is 1. The van der Waals surface area contributed by atoms with Gasteiger partial charge in [-0.2, -0.15) is 0 Å². The molecule has 0 spiro atoms. The second-order valence-corrected chi connectivity index (χ2v) is 11.9. The predicted octanol–water partition coefficient (Wildman–Crippen LogP) is 4.48. The number of carbonyl (C=O) groups excluding carboxylic acids is 1. The van der Waals surface area contributed by atoms with E-state index in [-0.39, 0.29) is 34.9 Å². The first-order valence-electron chi connectivity index (χ1n) is 12.4. The van der Waals surface area contributed by atoms with E-state index in [4.69, 9.17) is 4.74 Å². The maximum atomic E-state index is 13.3. The summed E-state index contributed by atoms with van der Waals surface area (Å²) in [7, 11) is 0. The molecule has 0 unspecified atom stereocenters. The van der Waals surface area contributed by atoms with Gasteiger partial charge in [0, 0.05) is 35.7 Å². The third-order valence-electron chi connectivity index (χ3n) is 8.01. The lowest BCUT2D eigenvalue weighted by molar-refractivity contribution is -0.144. The molecule has 1 saturated carbocycles. The molecular formula is C27H41N3O3. The van der Waals surface area contributed by atoms with Crippen LogP contribution in [0.5, 0.6) is 5.75 Å². The molecule has 2 fully saturated rings. The predicted molar refractivity (Wildman–Crippen MR) is 132 cm³/mol. The van der Waals surface area contributed by atoms with Gasteiger partial charge in [-0.25, -0.2) is 0 Å². The van der Waals surface area contributed by atoms with Crippen LogP contribution in [0.3, 0.4) is 0 Å². The maximum absolute atomic E-state index is 13.3. The van der Waals surface area contributed by atoms with Crippen molar-refractivity contribution in [1.29, 1.82) is 0 Å². The number of piperidine rings is 1. The molecule has 1 saturated heterocycles. The lowest BCUT2D eigenvalue weighted by atomic mass is 9.53. The van der Waals surface area contributed by atoms with Gasteiger partial charge in [0.15, 0.2) is 0 Å². The molecule has 2 aromatic rings. The summed E-state index contributed by atoms with van der Waals surface area (Å²) in [6.45, 7) is 12.3. The number of hydrogen-bond donors (Lipinski definition) is 3. The highest BCUT2D eigenvalue weighted by Crippen LogP contribution is 2.56. The van der Waals surface area contributed by atoms with Gasteiger partial charge in [0.25, 0.3) is 0 Å². The molecular weight excluding hydrogens is 414 g/mol. The van der Waals surface area contributed by atoms with Crippen LogP contribution >= 0.6 is 0 Å². The van der Waals surface area contributed by atoms with Crippen LogP contribution in [0.1, 0.15) is 66.7 Å². The van der Waals surface area contributed by atoms with Gasteiger partial charge in [0.05, 0.1) is 6.04 Å². The summed E-state index contributed by atoms with van der Waals surface area (Å²) in [5.41, 5.74) is 1.08. The maximum Gasteiger partial charge on any atom is 0.237 e. The number of H-pyrrole nitrogens is 1. The standard InChI is InChI=1S/C27H41N3O3/c1-25(2,3)29-24(32)23-15-26(4)11-6-7-12-27(26,5)18-30(23)16-20(31)17-33-21-8-9-22-19(14-21)10-13-28-22/h8-10,13-14,20,23,28,31H,6-7,11-12,15-18H2,1-5H3,(H,29,32)/t20-,23+,26+,27-/m1/s1. The Labute approximate surface area is 198 Å². The third-order valence-corrected chi connectivity index (χ3v) is 8.01. The molecule has 2 aliphatic rings. The number of benzene rings is 1. The van der Waals surface area contributed by atoms with Crippen molar-refractivity contribution in [3.05, 3.63) is 30.5 Å². The minimum atomic E-state index is -0.673. The van der Waals surface area contributed by atoms with Crippen molar-refractivity contribution in [2.24, 2.45) is 10.8 Å². The lowest BCUT2D eigenvalue weighted by Gasteiger charge is -2.59. The minimum Gasteiger partial charge on any atom is -0.491 e. The molecule has 1 aliphatic heterocycles. The second kappa shape index (κ2) is 8.95. The number of likely N-dealkylation sites (tertiary alicyclic amines) is 1. The molecule has 182 valence electrons. The van der Waals surface area contributed by atoms with Crippen molar-refractivity contribution < 1.29 is 14.6 Å². The summed E-state index contributed by atoms with van der Waals surface area (Å²) in [4.78, 5) is 18.7. The van der Waals surface area contributed by atoms with E-state index in [0.29, 0.717) is 6.54 Å². The second-order valence-electron chi connectivity index (χ2n) is 11.9. The zero-order valence-electron chi connectivity index (χ0n) is 20.9. The van der Waals surface area contributed by atoms with Crippen LogP contribution in [0.25, 0.3) is 10.9 Å². The zero-order chi connectivity index (χ0) is 23.9. The van der Waals surface area contributed by atoms with Crippen LogP contribution < -0.4 is 10.1 Å². The number of hydrogen-bond acceptors (Lipinski definition) is 4. The summed E-state index contributed by atoms with van der Waals surface area (Å²) in [6, 6.07) is 7.66. The first kappa shape index (κ1) is 24.1. The number of rotatable bonds is 6. The number of aliphatic hydroxyl groups is 1. The normalized spacial score (nSPS) is 29.5. The number of aromatic amines is 1. The Morgan fingerprint density at radius 3 is 2.70 bits per heavy atom. The van der Waals surface area contributed by atoms with Gasteiger partial charge in [-0.3, -0.25) is 9.69 Å². The number of fused-ring (bicyclic) bond motifs is 2. The average Bonchev–Trinajstić information content (AvgIpc) is 3.19. The van der Waals surface area contributed by atoms with Crippen LogP contribution in [0.15, 0.2) is 30.5 Å². The average molecular weight is 456 g/mol. The van der Waals surface area contributed by atoms with Crippen molar-refractivity contribution >= 4 is 16.8 Å². The number of nitrogens with zero attached hydrogens (tertiary/aromatic N) is 1. The Morgan fingerprint density at radius 2 is 1.97 bits per heavy atom. The van der Waals surface area contributed by atoms with Crippen molar-refractivity contribution in [3.8, 4) is 5.75 Å². The fraction of sp³-hybridized carbons (Fsp3) is 0.667. The molecule has 1 aromatic heterocycles. The number of ether oxygens (including phenoxy) is 1. The topological polar surface area (TPSA) is 77.6 Å². The lowest BCUT2D eigenvalue weighted by Crippen LogP contribution is -2.64. The summed E-state index contributed by atoms with van der Waals surface area (Å²) >= 11 is 0. The highest BCUT2D eigenvalue weighted by atomic mass is 16.5. The summed E-state index contributed by atoms with van der Waals surface area (Å²) < 4.78 is 5.92. The van der Waals surface area contributed by atoms with E-state index in [0.717, 1.165) is 29.6 Å². The Morgan fingerprint density at radius 1 is 1.24 bits per heavy atom. The number of aliphatic hydroxyl groups excluding tert-OH is 1. The van der Waals surface area contributed by atoms with E-state index in [2.05, 4.69) is 29.0 Å². The van der Waals surface area contributed by atoms with Crippen LogP contribution in [0.2, 0.25) is 0 Å². The molecule has 33 heavy (non-hydrogen) atoms. The molecule has 1 amide bonds. The van der Waals surface area contributed by atoms with Gasteiger partial charge in [-0.1, -0.05) is 26.7 Å². The molecule has 4 rings (SSSR count). The van der Waals surface area contributed by atoms with Gasteiger partial charge < -0.3 is 20.1 Å². The highest BCUT2D eigenvalue weighted by Gasteiger charge is 2.54. The van der Waals surface area contributed by atoms with Gasteiger partial charge in [-0.15, -0.1) is 0 Å². The molecule has 6 heteroatoms. The van der Waals surface area contributed by atoms with E-state index < -0.39 is 6.10 Å². The van der Waals surface area contributed by atoms with Crippen LogP contribution in [-0.2, 0) is 4.79 Å². The monoisotopic (exact) mass is 455 g/mol. The van der Waals surface area contributed by atoms with E-state index in [1.807, 2.05) is 51.2 Å². The Bertz CT molecular complexity index is 980. The molecule has 3 N–H and O–H groups in total. The van der Waals surface area contributed by atoms with Gasteiger partial charge in [-0.05, 0) is 75.1 Å². The molecule has 1 aromatic carbocycles. The van der Waals surface area contributed by atoms with Crippen molar-refractivity contribution in [3.63, 3.8) is 0 Å². The Balaban J connectivity index is 1.46. The fourth-order valence-corrected chi connectivity index (χ4v) is 5.91. The van der Waals surface area contributed by atoms with E-state index in [1.165, 1.54) is 25.7 Å². The van der Waals surface area contributed by atoms with E-state index in [1.54, 1.807) is 0 Å². The van der Waals surface area contributed by atoms with E-state index in [9.17, 15) is 9.90 Å². The largest absolute Gasteiger partial charge is 0.491 e. The van der Waals surface area contributed by atoms with Crippen molar-refractivity contribution in [2.75, 3.05) is 19.7 Å². The third kappa shape index (κ3) is 5.22. The smallest absolute Gasteiger partial charge is 0.237 e. The minimum absolute atomic E-state index is 0.0716. The van der Waals surface area contributed by atoms with Crippen LogP contribution in [0.4, 0.5) is 0 Å². The SMILES string of the molecule is CC(C)(C)NC(=O)[C@@H]1C[C@]2(C)CCCC[C@]2(C)CN1C[C@@H](O)COc1ccc2[nH]ccc2c1. The molecule has 2 heterocycles. The zero-order valence-corrected chi connectivity index (χ0v) is 20.9. The number of carbonyl (C=O) groups is 1. The van der Waals surface area contributed by atoms with Crippen molar-refractivity contribution in [1.82, 2.24) is 15.2 Å². The highest BCUT2D eigenvalue weighted by molar-refractivity contribution is 5.82. The first-order chi connectivity index (χ1) is 15.5. The Hall–Kier alpha value is -2.05. The fourth-order valence-electron chi connectivity index (χ4n) is 5.91. The molecule has 0 bridgehead atoms. The molecule has 1 aliphatic carbocycles. The van der Waals surface area contributed by atoms with Crippen LogP contribution in [0, 0.1) is 10.8 Å². The molecule has 0 radical (unpaired) electrons. The van der Waals surface area contributed by atoms with Gasteiger partial charge in [0.1, 0.15) is 18.5 Å². The summed E-state index contributed by atoms with van der Waals surface area (Å²) in [5.74, 6) is 0.816. The van der Waals surface area contributed by atoms with Gasteiger partial charge >= 0.3 is 0 Å². The van der Waals surface area contributed by atoms with Crippen molar-refractivity contribution in [2.45, 2.75) is 84.4 Å².